The molecule has 2 aromatic carbocycles. The highest BCUT2D eigenvalue weighted by molar-refractivity contribution is 6.30. The number of nitrogens with one attached hydrogen (secondary N) is 1. The van der Waals surface area contributed by atoms with Crippen LogP contribution in [0.25, 0.3) is 0 Å². The fourth-order valence-electron chi connectivity index (χ4n) is 1.71. The maximum absolute atomic E-state index is 13.3. The van der Waals surface area contributed by atoms with E-state index < -0.39 is 5.82 Å². The van der Waals surface area contributed by atoms with Crippen molar-refractivity contribution in [2.45, 2.75) is 13.0 Å². The Morgan fingerprint density at radius 2 is 2.00 bits per heavy atom. The van der Waals surface area contributed by atoms with E-state index >= 15 is 0 Å². The van der Waals surface area contributed by atoms with Crippen LogP contribution in [0.15, 0.2) is 42.5 Å². The molecular formula is C14H13ClFNO. The van der Waals surface area contributed by atoms with Crippen LogP contribution in [0.3, 0.4) is 0 Å². The highest BCUT2D eigenvalue weighted by Crippen LogP contribution is 2.24. The summed E-state index contributed by atoms with van der Waals surface area (Å²) in [4.78, 5) is 0. The molecule has 0 aromatic heterocycles. The van der Waals surface area contributed by atoms with Gasteiger partial charge >= 0.3 is 0 Å². The molecule has 2 N–H and O–H groups in total. The van der Waals surface area contributed by atoms with Crippen LogP contribution in [-0.4, -0.2) is 5.11 Å². The quantitative estimate of drug-likeness (QED) is 0.864. The first-order valence-corrected chi connectivity index (χ1v) is 5.94. The fraction of sp³-hybridized carbons (Fsp3) is 0.143. The summed E-state index contributed by atoms with van der Waals surface area (Å²) in [5, 5.41) is 12.6. The summed E-state index contributed by atoms with van der Waals surface area (Å²) in [6.07, 6.45) is 0. The van der Waals surface area contributed by atoms with E-state index in [1.165, 1.54) is 12.1 Å². The van der Waals surface area contributed by atoms with E-state index in [0.29, 0.717) is 0 Å². The van der Waals surface area contributed by atoms with Crippen molar-refractivity contribution in [3.05, 3.63) is 58.9 Å². The molecule has 1 atom stereocenters. The molecule has 0 aliphatic carbocycles. The SMILES string of the molecule is CC(Nc1cccc(O)c1)c1ccc(Cl)c(F)c1. The van der Waals surface area contributed by atoms with Gasteiger partial charge in [-0.3, -0.25) is 0 Å². The minimum atomic E-state index is -0.432. The normalized spacial score (nSPS) is 12.2. The van der Waals surface area contributed by atoms with Gasteiger partial charge in [0.15, 0.2) is 0 Å². The lowest BCUT2D eigenvalue weighted by molar-refractivity contribution is 0.475. The molecule has 0 spiro atoms. The summed E-state index contributed by atoms with van der Waals surface area (Å²) in [6, 6.07) is 11.4. The lowest BCUT2D eigenvalue weighted by Gasteiger charge is -2.16. The van der Waals surface area contributed by atoms with Crippen LogP contribution in [0, 0.1) is 5.82 Å². The zero-order valence-electron chi connectivity index (χ0n) is 9.82. The molecule has 0 saturated carbocycles. The molecule has 0 saturated heterocycles. The Hall–Kier alpha value is -1.74. The van der Waals surface area contributed by atoms with E-state index in [2.05, 4.69) is 5.32 Å². The molecule has 0 radical (unpaired) electrons. The van der Waals surface area contributed by atoms with Gasteiger partial charge in [-0.2, -0.15) is 0 Å². The zero-order chi connectivity index (χ0) is 13.1. The first kappa shape index (κ1) is 12.7. The van der Waals surface area contributed by atoms with Crippen LogP contribution in [0.2, 0.25) is 5.02 Å². The third kappa shape index (κ3) is 2.93. The number of halogens is 2. The Morgan fingerprint density at radius 3 is 2.67 bits per heavy atom. The molecule has 4 heteroatoms. The minimum absolute atomic E-state index is 0.0847. The number of phenols is 1. The molecule has 0 bridgehead atoms. The molecule has 0 heterocycles. The van der Waals surface area contributed by atoms with Gasteiger partial charge in [0.2, 0.25) is 0 Å². The molecular weight excluding hydrogens is 253 g/mol. The van der Waals surface area contributed by atoms with E-state index in [0.717, 1.165) is 11.3 Å². The summed E-state index contributed by atoms with van der Waals surface area (Å²) in [5.41, 5.74) is 1.57. The van der Waals surface area contributed by atoms with Gasteiger partial charge in [0.25, 0.3) is 0 Å². The number of phenolic OH excluding ortho intramolecular Hbond substituents is 1. The average Bonchev–Trinajstić information content (AvgIpc) is 2.32. The van der Waals surface area contributed by atoms with Gasteiger partial charge in [-0.1, -0.05) is 23.7 Å². The fourth-order valence-corrected chi connectivity index (χ4v) is 1.83. The van der Waals surface area contributed by atoms with Crippen LogP contribution in [0.1, 0.15) is 18.5 Å². The molecule has 94 valence electrons. The van der Waals surface area contributed by atoms with Crippen molar-refractivity contribution in [3.8, 4) is 5.75 Å². The van der Waals surface area contributed by atoms with Gasteiger partial charge in [-0.05, 0) is 36.8 Å². The van der Waals surface area contributed by atoms with E-state index in [4.69, 9.17) is 11.6 Å². The van der Waals surface area contributed by atoms with E-state index in [1.807, 2.05) is 13.0 Å². The topological polar surface area (TPSA) is 32.3 Å². The predicted molar refractivity (Wildman–Crippen MR) is 71.6 cm³/mol. The van der Waals surface area contributed by atoms with Gasteiger partial charge in [0.05, 0.1) is 5.02 Å². The average molecular weight is 266 g/mol. The summed E-state index contributed by atoms with van der Waals surface area (Å²) in [5.74, 6) is -0.242. The highest BCUT2D eigenvalue weighted by atomic mass is 35.5. The highest BCUT2D eigenvalue weighted by Gasteiger charge is 2.08. The van der Waals surface area contributed by atoms with E-state index in [-0.39, 0.29) is 16.8 Å². The van der Waals surface area contributed by atoms with Crippen molar-refractivity contribution in [1.29, 1.82) is 0 Å². The second kappa shape index (κ2) is 5.27. The third-order valence-electron chi connectivity index (χ3n) is 2.67. The monoisotopic (exact) mass is 265 g/mol. The standard InChI is InChI=1S/C14H13ClFNO/c1-9(10-5-6-13(15)14(16)7-10)17-11-3-2-4-12(18)8-11/h2-9,17-18H,1H3. The van der Waals surface area contributed by atoms with Gasteiger partial charge in [-0.25, -0.2) is 4.39 Å². The lowest BCUT2D eigenvalue weighted by atomic mass is 10.1. The minimum Gasteiger partial charge on any atom is -0.508 e. The van der Waals surface area contributed by atoms with Gasteiger partial charge in [-0.15, -0.1) is 0 Å². The van der Waals surface area contributed by atoms with Crippen molar-refractivity contribution < 1.29 is 9.50 Å². The van der Waals surface area contributed by atoms with Crippen molar-refractivity contribution in [3.63, 3.8) is 0 Å². The zero-order valence-corrected chi connectivity index (χ0v) is 10.6. The summed E-state index contributed by atoms with van der Waals surface area (Å²) < 4.78 is 13.3. The number of rotatable bonds is 3. The van der Waals surface area contributed by atoms with E-state index in [9.17, 15) is 9.50 Å². The van der Waals surface area contributed by atoms with Crippen LogP contribution < -0.4 is 5.32 Å². The van der Waals surface area contributed by atoms with Crippen LogP contribution >= 0.6 is 11.6 Å². The molecule has 0 aliphatic rings. The van der Waals surface area contributed by atoms with Crippen LogP contribution in [0.4, 0.5) is 10.1 Å². The Morgan fingerprint density at radius 1 is 1.22 bits per heavy atom. The van der Waals surface area contributed by atoms with Gasteiger partial charge in [0.1, 0.15) is 11.6 Å². The Bertz CT molecular complexity index is 559. The predicted octanol–water partition coefficient (Wildman–Crippen LogP) is 4.36. The molecule has 2 aromatic rings. The maximum Gasteiger partial charge on any atom is 0.142 e. The smallest absolute Gasteiger partial charge is 0.142 e. The number of aromatic hydroxyl groups is 1. The summed E-state index contributed by atoms with van der Waals surface area (Å²) in [6.45, 7) is 1.91. The van der Waals surface area contributed by atoms with Gasteiger partial charge in [0, 0.05) is 17.8 Å². The van der Waals surface area contributed by atoms with Crippen LogP contribution in [-0.2, 0) is 0 Å². The molecule has 0 amide bonds. The Balaban J connectivity index is 2.16. The third-order valence-corrected chi connectivity index (χ3v) is 2.98. The molecule has 2 rings (SSSR count). The molecule has 2 nitrogen and oxygen atoms in total. The first-order chi connectivity index (χ1) is 8.56. The number of hydrogen-bond donors (Lipinski definition) is 2. The molecule has 0 aliphatic heterocycles. The number of benzene rings is 2. The molecule has 18 heavy (non-hydrogen) atoms. The molecule has 1 unspecified atom stereocenters. The second-order valence-corrected chi connectivity index (χ2v) is 4.50. The van der Waals surface area contributed by atoms with Crippen molar-refractivity contribution >= 4 is 17.3 Å². The Labute approximate surface area is 110 Å². The van der Waals surface area contributed by atoms with Crippen LogP contribution in [0.5, 0.6) is 5.75 Å². The van der Waals surface area contributed by atoms with Crippen molar-refractivity contribution in [2.24, 2.45) is 0 Å². The largest absolute Gasteiger partial charge is 0.508 e. The second-order valence-electron chi connectivity index (χ2n) is 4.09. The molecule has 0 fully saturated rings. The van der Waals surface area contributed by atoms with Gasteiger partial charge < -0.3 is 10.4 Å². The lowest BCUT2D eigenvalue weighted by Crippen LogP contribution is -2.06. The number of hydrogen-bond acceptors (Lipinski definition) is 2. The summed E-state index contributed by atoms with van der Waals surface area (Å²) in [7, 11) is 0. The first-order valence-electron chi connectivity index (χ1n) is 5.57. The maximum atomic E-state index is 13.3. The van der Waals surface area contributed by atoms with Crippen molar-refractivity contribution in [1.82, 2.24) is 0 Å². The van der Waals surface area contributed by atoms with Crippen molar-refractivity contribution in [2.75, 3.05) is 5.32 Å². The Kier molecular flexibility index (Phi) is 3.72. The van der Waals surface area contributed by atoms with E-state index in [1.54, 1.807) is 24.3 Å². The number of anilines is 1. The summed E-state index contributed by atoms with van der Waals surface area (Å²) >= 11 is 5.64.